The van der Waals surface area contributed by atoms with E-state index in [1.54, 1.807) is 0 Å². The highest BCUT2D eigenvalue weighted by molar-refractivity contribution is 5.32. The molecular weight excluding hydrogens is 348 g/mol. The van der Waals surface area contributed by atoms with E-state index in [4.69, 9.17) is 9.97 Å². The summed E-state index contributed by atoms with van der Waals surface area (Å²) < 4.78 is 2.36. The van der Waals surface area contributed by atoms with Gasteiger partial charge in [0.2, 0.25) is 5.95 Å². The highest BCUT2D eigenvalue weighted by Gasteiger charge is 2.26. The van der Waals surface area contributed by atoms with Crippen LogP contribution in [-0.2, 0) is 6.54 Å². The van der Waals surface area contributed by atoms with Crippen LogP contribution in [0.3, 0.4) is 0 Å². The Morgan fingerprint density at radius 2 is 1.79 bits per heavy atom. The van der Waals surface area contributed by atoms with E-state index in [2.05, 4.69) is 45.7 Å². The first kappa shape index (κ1) is 19.4. The van der Waals surface area contributed by atoms with Crippen molar-refractivity contribution >= 4 is 5.95 Å². The maximum absolute atomic E-state index is 4.93. The van der Waals surface area contributed by atoms with Gasteiger partial charge in [0.25, 0.3) is 0 Å². The van der Waals surface area contributed by atoms with Crippen molar-refractivity contribution in [1.29, 1.82) is 0 Å². The molecule has 2 aliphatic rings. The topological polar surface area (TPSA) is 50.1 Å². The second-order valence-corrected chi connectivity index (χ2v) is 8.66. The van der Waals surface area contributed by atoms with E-state index in [0.29, 0.717) is 11.8 Å². The second kappa shape index (κ2) is 9.03. The molecule has 6 heteroatoms. The lowest BCUT2D eigenvalue weighted by Gasteiger charge is -2.32. The Bertz CT molecular complexity index is 741. The highest BCUT2D eigenvalue weighted by Crippen LogP contribution is 2.34. The van der Waals surface area contributed by atoms with Crippen LogP contribution in [-0.4, -0.2) is 58.1 Å². The Morgan fingerprint density at radius 3 is 2.54 bits per heavy atom. The van der Waals surface area contributed by atoms with Crippen molar-refractivity contribution in [2.24, 2.45) is 0 Å². The molecule has 4 rings (SSSR count). The molecule has 28 heavy (non-hydrogen) atoms. The van der Waals surface area contributed by atoms with Crippen LogP contribution in [0.1, 0.15) is 68.3 Å². The first-order chi connectivity index (χ1) is 13.7. The summed E-state index contributed by atoms with van der Waals surface area (Å²) in [5, 5.41) is 0. The minimum atomic E-state index is 0.545. The normalized spacial score (nSPS) is 19.0. The van der Waals surface area contributed by atoms with E-state index in [1.165, 1.54) is 37.2 Å². The average molecular weight is 383 g/mol. The van der Waals surface area contributed by atoms with Crippen LogP contribution in [0.5, 0.6) is 0 Å². The fourth-order valence-corrected chi connectivity index (χ4v) is 4.73. The smallest absolute Gasteiger partial charge is 0.225 e. The molecule has 0 bridgehead atoms. The number of imidazole rings is 1. The number of hydrogen-bond donors (Lipinski definition) is 0. The Labute approximate surface area is 169 Å². The van der Waals surface area contributed by atoms with Crippen LogP contribution >= 0.6 is 0 Å². The van der Waals surface area contributed by atoms with Crippen molar-refractivity contribution in [2.45, 2.75) is 63.3 Å². The standard InChI is InChI=1S/C22H34N6/c1-26(2)13-5-14-27-17-12-23-21(27)19-9-15-28(16-10-19)22-24-11-8-20(25-22)18-6-3-4-7-18/h8,11-12,17-19H,3-7,9-10,13-16H2,1-2H3. The number of hydrogen-bond acceptors (Lipinski definition) is 5. The van der Waals surface area contributed by atoms with E-state index in [1.807, 2.05) is 12.4 Å². The minimum absolute atomic E-state index is 0.545. The number of aryl methyl sites for hydroxylation is 1. The zero-order valence-corrected chi connectivity index (χ0v) is 17.4. The first-order valence-electron chi connectivity index (χ1n) is 10.9. The summed E-state index contributed by atoms with van der Waals surface area (Å²) in [6.45, 7) is 4.21. The van der Waals surface area contributed by atoms with Crippen LogP contribution < -0.4 is 4.90 Å². The lowest BCUT2D eigenvalue weighted by atomic mass is 9.96. The zero-order valence-electron chi connectivity index (χ0n) is 17.4. The largest absolute Gasteiger partial charge is 0.341 e. The van der Waals surface area contributed by atoms with E-state index >= 15 is 0 Å². The minimum Gasteiger partial charge on any atom is -0.341 e. The lowest BCUT2D eigenvalue weighted by Crippen LogP contribution is -2.35. The quantitative estimate of drug-likeness (QED) is 0.731. The summed E-state index contributed by atoms with van der Waals surface area (Å²) in [6.07, 6.45) is 14.7. The summed E-state index contributed by atoms with van der Waals surface area (Å²) in [5.74, 6) is 3.38. The average Bonchev–Trinajstić information content (AvgIpc) is 3.40. The van der Waals surface area contributed by atoms with Crippen molar-refractivity contribution in [3.63, 3.8) is 0 Å². The molecule has 0 N–H and O–H groups in total. The number of rotatable bonds is 7. The van der Waals surface area contributed by atoms with Gasteiger partial charge in [0.05, 0.1) is 0 Å². The van der Waals surface area contributed by atoms with Crippen molar-refractivity contribution in [3.8, 4) is 0 Å². The molecule has 6 nitrogen and oxygen atoms in total. The van der Waals surface area contributed by atoms with Gasteiger partial charge >= 0.3 is 0 Å². The molecule has 1 aliphatic carbocycles. The van der Waals surface area contributed by atoms with Gasteiger partial charge in [-0.3, -0.25) is 0 Å². The SMILES string of the molecule is CN(C)CCCn1ccnc1C1CCN(c2nccc(C3CCCC3)n2)CC1. The molecule has 0 aromatic carbocycles. The molecule has 1 saturated heterocycles. The second-order valence-electron chi connectivity index (χ2n) is 8.66. The van der Waals surface area contributed by atoms with Gasteiger partial charge in [-0.2, -0.15) is 0 Å². The van der Waals surface area contributed by atoms with Gasteiger partial charge in [-0.25, -0.2) is 15.0 Å². The van der Waals surface area contributed by atoms with Crippen LogP contribution in [0.25, 0.3) is 0 Å². The number of nitrogens with zero attached hydrogens (tertiary/aromatic N) is 6. The molecule has 2 fully saturated rings. The van der Waals surface area contributed by atoms with Crippen molar-refractivity contribution < 1.29 is 0 Å². The molecule has 152 valence electrons. The summed E-state index contributed by atoms with van der Waals surface area (Å²) in [4.78, 5) is 18.8. The molecule has 3 heterocycles. The summed E-state index contributed by atoms with van der Waals surface area (Å²) in [7, 11) is 4.27. The third kappa shape index (κ3) is 4.54. The fraction of sp³-hybridized carbons (Fsp3) is 0.682. The van der Waals surface area contributed by atoms with Gasteiger partial charge in [0.1, 0.15) is 5.82 Å². The Morgan fingerprint density at radius 1 is 1.00 bits per heavy atom. The predicted octanol–water partition coefficient (Wildman–Crippen LogP) is 3.67. The highest BCUT2D eigenvalue weighted by atomic mass is 15.3. The monoisotopic (exact) mass is 382 g/mol. The van der Waals surface area contributed by atoms with Gasteiger partial charge in [0.15, 0.2) is 0 Å². The molecular formula is C22H34N6. The third-order valence-electron chi connectivity index (χ3n) is 6.33. The fourth-order valence-electron chi connectivity index (χ4n) is 4.73. The van der Waals surface area contributed by atoms with Crippen LogP contribution in [0.15, 0.2) is 24.7 Å². The Balaban J connectivity index is 1.35. The zero-order chi connectivity index (χ0) is 19.3. The van der Waals surface area contributed by atoms with Crippen LogP contribution in [0.2, 0.25) is 0 Å². The summed E-state index contributed by atoms with van der Waals surface area (Å²) in [6, 6.07) is 2.12. The summed E-state index contributed by atoms with van der Waals surface area (Å²) >= 11 is 0. The molecule has 0 spiro atoms. The van der Waals surface area contributed by atoms with E-state index in [9.17, 15) is 0 Å². The van der Waals surface area contributed by atoms with Crippen molar-refractivity contribution in [2.75, 3.05) is 38.6 Å². The molecule has 0 amide bonds. The van der Waals surface area contributed by atoms with E-state index < -0.39 is 0 Å². The van der Waals surface area contributed by atoms with Crippen molar-refractivity contribution in [3.05, 3.63) is 36.2 Å². The molecule has 0 radical (unpaired) electrons. The van der Waals surface area contributed by atoms with Crippen LogP contribution in [0, 0.1) is 0 Å². The van der Waals surface area contributed by atoms with E-state index in [-0.39, 0.29) is 0 Å². The lowest BCUT2D eigenvalue weighted by molar-refractivity contribution is 0.379. The Kier molecular flexibility index (Phi) is 6.25. The maximum Gasteiger partial charge on any atom is 0.225 e. The molecule has 0 unspecified atom stereocenters. The summed E-state index contributed by atoms with van der Waals surface area (Å²) in [5.41, 5.74) is 1.25. The van der Waals surface area contributed by atoms with Gasteiger partial charge < -0.3 is 14.4 Å². The molecule has 2 aromatic heterocycles. The third-order valence-corrected chi connectivity index (χ3v) is 6.33. The van der Waals surface area contributed by atoms with E-state index in [0.717, 1.165) is 51.4 Å². The maximum atomic E-state index is 4.93. The van der Waals surface area contributed by atoms with Gasteiger partial charge in [-0.15, -0.1) is 0 Å². The number of aromatic nitrogens is 4. The van der Waals surface area contributed by atoms with Gasteiger partial charge in [-0.05, 0) is 58.8 Å². The molecule has 1 saturated carbocycles. The van der Waals surface area contributed by atoms with Gasteiger partial charge in [0, 0.05) is 55.8 Å². The number of piperidine rings is 1. The first-order valence-corrected chi connectivity index (χ1v) is 10.9. The number of anilines is 1. The molecule has 1 aliphatic heterocycles. The Hall–Kier alpha value is -1.95. The molecule has 0 atom stereocenters. The predicted molar refractivity (Wildman–Crippen MR) is 113 cm³/mol. The van der Waals surface area contributed by atoms with Gasteiger partial charge in [-0.1, -0.05) is 12.8 Å². The van der Waals surface area contributed by atoms with Crippen LogP contribution in [0.4, 0.5) is 5.95 Å². The van der Waals surface area contributed by atoms with Crippen molar-refractivity contribution in [1.82, 2.24) is 24.4 Å². The molecule has 2 aromatic rings.